The maximum atomic E-state index is 12.9. The number of nitrogens with two attached hydrogens (primary N) is 1. The average Bonchev–Trinajstić information content (AvgIpc) is 3.63. The van der Waals surface area contributed by atoms with Crippen LogP contribution in [0.5, 0.6) is 0 Å². The number of nitrogens with zero attached hydrogens (tertiary/aromatic N) is 2. The molecule has 2 heterocycles. The van der Waals surface area contributed by atoms with E-state index in [0.717, 1.165) is 42.9 Å². The van der Waals surface area contributed by atoms with Crippen LogP contribution in [0.25, 0.3) is 0 Å². The normalized spacial score (nSPS) is 20.3. The summed E-state index contributed by atoms with van der Waals surface area (Å²) in [7, 11) is -10.9. The lowest BCUT2D eigenvalue weighted by atomic mass is 10.0. The van der Waals surface area contributed by atoms with E-state index in [1.165, 1.54) is 70.3 Å². The van der Waals surface area contributed by atoms with Gasteiger partial charge in [0.05, 0.1) is 25.4 Å². The van der Waals surface area contributed by atoms with Crippen molar-refractivity contribution in [2.45, 2.75) is 198 Å². The highest BCUT2D eigenvalue weighted by Crippen LogP contribution is 2.60. The molecule has 22 heteroatoms. The van der Waals surface area contributed by atoms with E-state index in [1.807, 2.05) is 37.3 Å². The number of anilines is 1. The number of esters is 2. The zero-order valence-corrected chi connectivity index (χ0v) is 45.1. The lowest BCUT2D eigenvalue weighted by Gasteiger charge is -2.21. The van der Waals surface area contributed by atoms with Crippen LogP contribution in [0.15, 0.2) is 90.0 Å². The molecule has 9 atom stereocenters. The van der Waals surface area contributed by atoms with Gasteiger partial charge in [-0.25, -0.2) is 13.9 Å². The minimum Gasteiger partial charge on any atom is -0.462 e. The molecule has 74 heavy (non-hydrogen) atoms. The predicted octanol–water partition coefficient (Wildman–Crippen LogP) is 8.83. The number of nitrogen functional groups attached to an aromatic ring is 1. The van der Waals surface area contributed by atoms with Crippen molar-refractivity contribution in [3.05, 3.63) is 95.7 Å². The number of carbonyl (C=O) groups excluding carboxylic acids is 2. The number of ether oxygens (including phenoxy) is 3. The molecule has 20 nitrogen and oxygen atoms in total. The van der Waals surface area contributed by atoms with Gasteiger partial charge in [0.1, 0.15) is 30.7 Å². The molecule has 2 unspecified atom stereocenters. The molecule has 0 spiro atoms. The fourth-order valence-corrected chi connectivity index (χ4v) is 9.52. The number of hydrogen-bond donors (Lipinski definition) is 7. The average molecular weight is 1090 g/mol. The van der Waals surface area contributed by atoms with Gasteiger partial charge in [0.2, 0.25) is 0 Å². The van der Waals surface area contributed by atoms with Crippen LogP contribution < -0.4 is 11.4 Å². The summed E-state index contributed by atoms with van der Waals surface area (Å²) in [5, 5.41) is 41.1. The fraction of sp³-hybridized carbons (Fsp3) is 0.654. The molecule has 1 saturated heterocycles. The first kappa shape index (κ1) is 66.2. The van der Waals surface area contributed by atoms with Gasteiger partial charge in [-0.05, 0) is 44.6 Å². The molecule has 0 radical (unpaired) electrons. The van der Waals surface area contributed by atoms with Crippen molar-refractivity contribution in [1.82, 2.24) is 9.55 Å². The van der Waals surface area contributed by atoms with Gasteiger partial charge in [0.15, 0.2) is 12.3 Å². The zero-order chi connectivity index (χ0) is 54.5. The third kappa shape index (κ3) is 31.9. The van der Waals surface area contributed by atoms with Crippen molar-refractivity contribution in [3.63, 3.8) is 0 Å². The maximum Gasteiger partial charge on any atom is 0.481 e. The van der Waals surface area contributed by atoms with E-state index in [2.05, 4.69) is 16.2 Å². The molecular formula is C52H85N3O17P2. The molecule has 8 N–H and O–H groups in total. The second kappa shape index (κ2) is 39.5. The Labute approximate surface area is 437 Å². The number of rotatable bonds is 42. The van der Waals surface area contributed by atoms with E-state index < -0.39 is 95.9 Å². The zero-order valence-electron chi connectivity index (χ0n) is 43.3. The van der Waals surface area contributed by atoms with Crippen LogP contribution in [0, 0.1) is 0 Å². The summed E-state index contributed by atoms with van der Waals surface area (Å²) >= 11 is 0. The summed E-state index contributed by atoms with van der Waals surface area (Å²) in [6.07, 6.45) is 33.3. The van der Waals surface area contributed by atoms with E-state index in [4.69, 9.17) is 29.0 Å². The van der Waals surface area contributed by atoms with Gasteiger partial charge in [0.25, 0.3) is 0 Å². The summed E-state index contributed by atoms with van der Waals surface area (Å²) in [5.41, 5.74) is 4.57. The Morgan fingerprint density at radius 1 is 0.743 bits per heavy atom. The molecule has 0 aliphatic carbocycles. The van der Waals surface area contributed by atoms with Crippen molar-refractivity contribution >= 4 is 33.4 Å². The Balaban J connectivity index is 1.86. The van der Waals surface area contributed by atoms with Gasteiger partial charge in [-0.3, -0.25) is 23.2 Å². The number of phosphoric acid groups is 2. The van der Waals surface area contributed by atoms with E-state index in [0.29, 0.717) is 25.7 Å². The van der Waals surface area contributed by atoms with Crippen molar-refractivity contribution in [2.75, 3.05) is 25.6 Å². The molecule has 1 aliphatic rings. The SMILES string of the molecule is CC/C=C\C[C@H](O)/C=C/C=C\C/C=C\C=C\[C@H](O)/C=C\CCCC(=O)O[C@H](COC(=O)CCCCCCCCCCCCCCCCC)COP(=O)(O)OP(=O)(O)OC[C@H]1O[C@@H](n2ccc(N)nc2=O)[C@H](O)[C@@H]1O. The number of allylic oxidation sites excluding steroid dienone is 8. The summed E-state index contributed by atoms with van der Waals surface area (Å²) in [5.74, 6) is -1.49. The fourth-order valence-electron chi connectivity index (χ4n) is 7.41. The molecule has 0 bridgehead atoms. The second-order valence-electron chi connectivity index (χ2n) is 18.0. The van der Waals surface area contributed by atoms with Crippen LogP contribution in [0.3, 0.4) is 0 Å². The van der Waals surface area contributed by atoms with Crippen molar-refractivity contribution in [2.24, 2.45) is 0 Å². The molecule has 0 amide bonds. The third-order valence-corrected chi connectivity index (χ3v) is 14.1. The number of aromatic nitrogens is 2. The first-order valence-electron chi connectivity index (χ1n) is 26.2. The minimum absolute atomic E-state index is 0.0836. The molecule has 0 aromatic carbocycles. The highest BCUT2D eigenvalue weighted by atomic mass is 31.3. The van der Waals surface area contributed by atoms with Crippen LogP contribution in [0.1, 0.15) is 161 Å². The van der Waals surface area contributed by atoms with E-state index in [-0.39, 0.29) is 25.1 Å². The molecule has 1 aliphatic heterocycles. The summed E-state index contributed by atoms with van der Waals surface area (Å²) < 4.78 is 56.6. The smallest absolute Gasteiger partial charge is 0.462 e. The number of aliphatic hydroxyl groups is 4. The highest BCUT2D eigenvalue weighted by molar-refractivity contribution is 7.61. The summed E-state index contributed by atoms with van der Waals surface area (Å²) in [6, 6.07) is 1.23. The van der Waals surface area contributed by atoms with Gasteiger partial charge in [-0.2, -0.15) is 9.29 Å². The lowest BCUT2D eigenvalue weighted by molar-refractivity contribution is -0.161. The number of hydrogen-bond acceptors (Lipinski definition) is 17. The Morgan fingerprint density at radius 2 is 1.34 bits per heavy atom. The Morgan fingerprint density at radius 3 is 1.96 bits per heavy atom. The van der Waals surface area contributed by atoms with Crippen molar-refractivity contribution < 1.29 is 76.5 Å². The topological polar surface area (TPSA) is 306 Å². The van der Waals surface area contributed by atoms with E-state index in [1.54, 1.807) is 42.5 Å². The number of aliphatic hydroxyl groups excluding tert-OH is 4. The molecule has 2 rings (SSSR count). The monoisotopic (exact) mass is 1090 g/mol. The molecule has 1 fully saturated rings. The highest BCUT2D eigenvalue weighted by Gasteiger charge is 2.46. The molecule has 1 aromatic heterocycles. The quantitative estimate of drug-likeness (QED) is 0.0106. The Hall–Kier alpha value is -3.88. The second-order valence-corrected chi connectivity index (χ2v) is 21.1. The first-order valence-corrected chi connectivity index (χ1v) is 29.2. The van der Waals surface area contributed by atoms with Crippen LogP contribution in [0.2, 0.25) is 0 Å². The van der Waals surface area contributed by atoms with Crippen molar-refractivity contribution in [3.8, 4) is 0 Å². The van der Waals surface area contributed by atoms with Crippen LogP contribution in [-0.2, 0) is 46.3 Å². The minimum atomic E-state index is -5.48. The number of carbonyl (C=O) groups is 2. The third-order valence-electron chi connectivity index (χ3n) is 11.5. The Kier molecular flexibility index (Phi) is 35.3. The first-order chi connectivity index (χ1) is 35.5. The molecular weight excluding hydrogens is 1000 g/mol. The van der Waals surface area contributed by atoms with E-state index in [9.17, 15) is 53.7 Å². The summed E-state index contributed by atoms with van der Waals surface area (Å²) in [6.45, 7) is 1.79. The van der Waals surface area contributed by atoms with E-state index >= 15 is 0 Å². The maximum absolute atomic E-state index is 12.9. The van der Waals surface area contributed by atoms with Gasteiger partial charge < -0.3 is 50.2 Å². The predicted molar refractivity (Wildman–Crippen MR) is 282 cm³/mol. The largest absolute Gasteiger partial charge is 0.481 e. The van der Waals surface area contributed by atoms with Crippen LogP contribution in [-0.4, -0.2) is 108 Å². The molecule has 0 saturated carbocycles. The lowest BCUT2D eigenvalue weighted by Crippen LogP contribution is -2.36. The Bertz CT molecular complexity index is 2060. The number of phosphoric ester groups is 2. The van der Waals surface area contributed by atoms with Gasteiger partial charge in [0, 0.05) is 19.0 Å². The van der Waals surface area contributed by atoms with Gasteiger partial charge >= 0.3 is 33.3 Å². The molecule has 420 valence electrons. The summed E-state index contributed by atoms with van der Waals surface area (Å²) in [4.78, 5) is 61.9. The van der Waals surface area contributed by atoms with Crippen LogP contribution in [0.4, 0.5) is 5.82 Å². The standard InChI is InChI=1S/C52H85N3O17P2/c1-3-5-7-8-9-10-11-12-13-14-15-16-20-23-29-35-47(58)67-39-44(70-48(59)36-30-24-28-34-43(57)33-27-22-19-17-18-21-26-32-42(56)31-25-6-4-2)40-68-73(63,64)72-74(65,66)69-41-45-49(60)50(61)51(71-45)55-38-37-46(53)54-52(55)62/h6,18-19,21-22,25-28,32-34,37-38,42-45,49-51,56-57,60-61H,3-5,7-17,20,23-24,29-31,35-36,39-41H2,1-2H3,(H,63,64)(H,65,66)(H2,53,54,62)/b21-18-,22-19-,25-6-,32-26+,33-27+,34-28-/t42-,43-,44+,45+,49+,50+,51+/m0/s1. The van der Waals surface area contributed by atoms with Gasteiger partial charge in [-0.1, -0.05) is 177 Å². The van der Waals surface area contributed by atoms with Gasteiger partial charge in [-0.15, -0.1) is 0 Å². The number of unbranched alkanes of at least 4 members (excludes halogenated alkanes) is 15. The van der Waals surface area contributed by atoms with Crippen molar-refractivity contribution in [1.29, 1.82) is 0 Å². The van der Waals surface area contributed by atoms with Crippen LogP contribution >= 0.6 is 15.6 Å². The molecule has 1 aromatic rings.